The average Bonchev–Trinajstić information content (AvgIpc) is 3.23. The van der Waals surface area contributed by atoms with E-state index in [4.69, 9.17) is 28.4 Å². The summed E-state index contributed by atoms with van der Waals surface area (Å²) in [5, 5.41) is 186. The van der Waals surface area contributed by atoms with Crippen LogP contribution in [0.2, 0.25) is 0 Å². The molecule has 0 spiro atoms. The second kappa shape index (κ2) is 16.5. The molecule has 0 aliphatic rings. The second-order valence-corrected chi connectivity index (χ2v) is 13.4. The molecule has 0 aliphatic carbocycles. The molecule has 0 heterocycles. The summed E-state index contributed by atoms with van der Waals surface area (Å²) < 4.78 is 32.9. The molecule has 0 amide bonds. The van der Waals surface area contributed by atoms with Crippen molar-refractivity contribution in [3.8, 4) is 172 Å². The van der Waals surface area contributed by atoms with Crippen LogP contribution in [0.15, 0.2) is 72.8 Å². The highest BCUT2D eigenvalue weighted by atomic mass is 16.6. The van der Waals surface area contributed by atoms with Gasteiger partial charge >= 0.3 is 0 Å². The van der Waals surface area contributed by atoms with Gasteiger partial charge in [0.2, 0.25) is 63.2 Å². The SMILES string of the molecule is Oc1cc(O)c(Oc2cc(O)c(O)c(Oc3cc(O)c(O)c(O)c3Oc3cc(O)c(Oc4cc(O)c(O)c(O)c4Oc4cc(O)c(Oc5cc(O)c(O)c(O)c5)c(O)c4)c(O)c3)c2)c(O)c1. The van der Waals surface area contributed by atoms with Gasteiger partial charge in [0, 0.05) is 72.8 Å². The normalized spacial score (nSPS) is 10.9. The number of phenolic OH excluding ortho intramolecular Hbond substituents is 18. The predicted molar refractivity (Wildman–Crippen MR) is 216 cm³/mol. The quantitative estimate of drug-likeness (QED) is 0.0541. The molecule has 0 aliphatic heterocycles. The molecule has 0 unspecified atom stereocenters. The molecule has 24 nitrogen and oxygen atoms in total. The van der Waals surface area contributed by atoms with Crippen LogP contribution in [0.3, 0.4) is 0 Å². The number of ether oxygens (including phenoxy) is 6. The molecule has 7 aromatic carbocycles. The minimum absolute atomic E-state index is 0.366. The van der Waals surface area contributed by atoms with Gasteiger partial charge < -0.3 is 120 Å². The number of phenols is 18. The topological polar surface area (TPSA) is 420 Å². The van der Waals surface area contributed by atoms with Crippen molar-refractivity contribution in [3.05, 3.63) is 72.8 Å². The lowest BCUT2D eigenvalue weighted by Crippen LogP contribution is -1.95. The van der Waals surface area contributed by atoms with Crippen molar-refractivity contribution in [1.29, 1.82) is 0 Å². The highest BCUT2D eigenvalue weighted by molar-refractivity contribution is 5.70. The first kappa shape index (κ1) is 43.8. The van der Waals surface area contributed by atoms with E-state index in [-0.39, 0.29) is 5.75 Å². The van der Waals surface area contributed by atoms with Gasteiger partial charge in [0.05, 0.1) is 0 Å². The van der Waals surface area contributed by atoms with E-state index in [9.17, 15) is 91.9 Å². The standard InChI is InChI=1S/C42H30O24/c43-13-1-23(49)38(24(50)2-13)62-17-5-20(46)33(56)29(10-17)65-30-11-21(47)34(57)36(59)41(30)63-16-8-27(53)40(28(54)9-16)66-31-12-22(48)35(58)37(60)42(31)64-15-6-25(51)39(26(52)7-15)61-14-3-18(44)32(55)19(45)4-14/h1-12,43-60H. The zero-order valence-corrected chi connectivity index (χ0v) is 32.4. The Morgan fingerprint density at radius 1 is 0.197 bits per heavy atom. The Morgan fingerprint density at radius 2 is 0.485 bits per heavy atom. The van der Waals surface area contributed by atoms with Gasteiger partial charge in [-0.3, -0.25) is 0 Å². The summed E-state index contributed by atoms with van der Waals surface area (Å²) >= 11 is 0. The molecular weight excluding hydrogens is 888 g/mol. The Kier molecular flexibility index (Phi) is 11.0. The third-order valence-corrected chi connectivity index (χ3v) is 8.81. The van der Waals surface area contributed by atoms with Crippen molar-refractivity contribution >= 4 is 0 Å². The van der Waals surface area contributed by atoms with Crippen LogP contribution in [0, 0.1) is 0 Å². The number of rotatable bonds is 12. The maximum Gasteiger partial charge on any atom is 0.215 e. The molecule has 24 heteroatoms. The third-order valence-electron chi connectivity index (χ3n) is 8.81. The number of benzene rings is 7. The lowest BCUT2D eigenvalue weighted by molar-refractivity contribution is 0.320. The first-order valence-corrected chi connectivity index (χ1v) is 17.9. The summed E-state index contributed by atoms with van der Waals surface area (Å²) in [6, 6.07) is 9.30. The Balaban J connectivity index is 1.18. The first-order chi connectivity index (χ1) is 31.1. The monoisotopic (exact) mass is 918 g/mol. The minimum Gasteiger partial charge on any atom is -0.508 e. The Morgan fingerprint density at radius 3 is 0.894 bits per heavy atom. The maximum absolute atomic E-state index is 11.0. The van der Waals surface area contributed by atoms with Crippen molar-refractivity contribution in [3.63, 3.8) is 0 Å². The zero-order valence-electron chi connectivity index (χ0n) is 32.4. The van der Waals surface area contributed by atoms with Gasteiger partial charge in [0.25, 0.3) is 0 Å². The predicted octanol–water partition coefficient (Wildman–Crippen LogP) is 7.14. The van der Waals surface area contributed by atoms with Crippen LogP contribution >= 0.6 is 0 Å². The van der Waals surface area contributed by atoms with E-state index in [0.717, 1.165) is 60.7 Å². The van der Waals surface area contributed by atoms with Crippen LogP contribution in [0.5, 0.6) is 172 Å². The van der Waals surface area contributed by atoms with Gasteiger partial charge in [-0.15, -0.1) is 0 Å². The van der Waals surface area contributed by atoms with E-state index in [1.54, 1.807) is 0 Å². The molecule has 7 rings (SSSR count). The molecule has 18 N–H and O–H groups in total. The highest BCUT2D eigenvalue weighted by Crippen LogP contribution is 2.57. The molecule has 0 atom stereocenters. The lowest BCUT2D eigenvalue weighted by atomic mass is 10.2. The van der Waals surface area contributed by atoms with E-state index in [2.05, 4.69) is 0 Å². The van der Waals surface area contributed by atoms with Crippen LogP contribution in [0.25, 0.3) is 0 Å². The fourth-order valence-electron chi connectivity index (χ4n) is 5.76. The van der Waals surface area contributed by atoms with Crippen LogP contribution in [-0.2, 0) is 0 Å². The fourth-order valence-corrected chi connectivity index (χ4v) is 5.76. The molecule has 0 bridgehead atoms. The van der Waals surface area contributed by atoms with Gasteiger partial charge in [0.15, 0.2) is 80.5 Å². The van der Waals surface area contributed by atoms with E-state index >= 15 is 0 Å². The molecule has 0 saturated heterocycles. The fraction of sp³-hybridized carbons (Fsp3) is 0. The Labute approximate surface area is 365 Å². The minimum atomic E-state index is -1.23. The van der Waals surface area contributed by atoms with E-state index in [1.165, 1.54) is 0 Å². The van der Waals surface area contributed by atoms with Crippen LogP contribution in [0.1, 0.15) is 0 Å². The van der Waals surface area contributed by atoms with Crippen molar-refractivity contribution in [2.45, 2.75) is 0 Å². The van der Waals surface area contributed by atoms with E-state index < -0.39 is 167 Å². The van der Waals surface area contributed by atoms with Crippen LogP contribution in [0.4, 0.5) is 0 Å². The van der Waals surface area contributed by atoms with E-state index in [1.807, 2.05) is 0 Å². The molecule has 66 heavy (non-hydrogen) atoms. The molecule has 0 radical (unpaired) electrons. The van der Waals surface area contributed by atoms with Gasteiger partial charge in [-0.1, -0.05) is 0 Å². The summed E-state index contributed by atoms with van der Waals surface area (Å²) in [7, 11) is 0. The average molecular weight is 919 g/mol. The van der Waals surface area contributed by atoms with Crippen molar-refractivity contribution < 1.29 is 120 Å². The number of aromatic hydroxyl groups is 18. The molecule has 0 saturated carbocycles. The number of hydrogen-bond donors (Lipinski definition) is 18. The number of hydrogen-bond acceptors (Lipinski definition) is 24. The molecule has 0 aromatic heterocycles. The Bertz CT molecular complexity index is 3000. The summed E-state index contributed by atoms with van der Waals surface area (Å²) in [5.74, 6) is -25.1. The van der Waals surface area contributed by atoms with Crippen molar-refractivity contribution in [1.82, 2.24) is 0 Å². The summed E-state index contributed by atoms with van der Waals surface area (Å²) in [6.45, 7) is 0. The van der Waals surface area contributed by atoms with Gasteiger partial charge in [-0.25, -0.2) is 0 Å². The third kappa shape index (κ3) is 8.36. The van der Waals surface area contributed by atoms with Gasteiger partial charge in [-0.05, 0) is 0 Å². The summed E-state index contributed by atoms with van der Waals surface area (Å²) in [6.07, 6.45) is 0. The van der Waals surface area contributed by atoms with Crippen molar-refractivity contribution in [2.24, 2.45) is 0 Å². The summed E-state index contributed by atoms with van der Waals surface area (Å²) in [5.41, 5.74) is 0. The van der Waals surface area contributed by atoms with Gasteiger partial charge in [0.1, 0.15) is 28.7 Å². The molecular formula is C42H30O24. The lowest BCUT2D eigenvalue weighted by Gasteiger charge is -2.19. The second-order valence-electron chi connectivity index (χ2n) is 13.4. The first-order valence-electron chi connectivity index (χ1n) is 17.9. The highest BCUT2D eigenvalue weighted by Gasteiger charge is 2.28. The Hall–Kier alpha value is -10.3. The van der Waals surface area contributed by atoms with Crippen LogP contribution < -0.4 is 28.4 Å². The largest absolute Gasteiger partial charge is 0.508 e. The summed E-state index contributed by atoms with van der Waals surface area (Å²) in [4.78, 5) is 0. The van der Waals surface area contributed by atoms with Gasteiger partial charge in [-0.2, -0.15) is 0 Å². The molecule has 0 fully saturated rings. The van der Waals surface area contributed by atoms with Crippen molar-refractivity contribution in [2.75, 3.05) is 0 Å². The molecule has 7 aromatic rings. The van der Waals surface area contributed by atoms with Crippen LogP contribution in [-0.4, -0.2) is 91.9 Å². The zero-order chi connectivity index (χ0) is 48.0. The smallest absolute Gasteiger partial charge is 0.215 e. The van der Waals surface area contributed by atoms with E-state index in [0.29, 0.717) is 12.1 Å². The molecule has 342 valence electrons. The maximum atomic E-state index is 11.0.